The summed E-state index contributed by atoms with van der Waals surface area (Å²) in [6.45, 7) is 2.06. The number of hydrogen-bond acceptors (Lipinski definition) is 3. The van der Waals surface area contributed by atoms with Crippen LogP contribution in [0.25, 0.3) is 0 Å². The van der Waals surface area contributed by atoms with Gasteiger partial charge in [0.15, 0.2) is 0 Å². The Morgan fingerprint density at radius 2 is 1.81 bits per heavy atom. The van der Waals surface area contributed by atoms with Gasteiger partial charge >= 0.3 is 0 Å². The molecule has 2 saturated heterocycles. The number of hydrogen-bond donors (Lipinski definition) is 0. The van der Waals surface area contributed by atoms with Crippen LogP contribution in [0, 0.1) is 5.92 Å². The van der Waals surface area contributed by atoms with Gasteiger partial charge < -0.3 is 9.80 Å². The van der Waals surface area contributed by atoms with Gasteiger partial charge in [0.2, 0.25) is 5.91 Å². The molecule has 2 aromatic rings. The molecule has 27 heavy (non-hydrogen) atoms. The van der Waals surface area contributed by atoms with Crippen molar-refractivity contribution in [2.24, 2.45) is 5.92 Å². The SMILES string of the molecule is O=C(c1cccs1)N1CCCC(C(=O)N2CCCC2c2ccc(Cl)cc2)C1. The van der Waals surface area contributed by atoms with Gasteiger partial charge in [0.05, 0.1) is 16.8 Å². The fourth-order valence-corrected chi connectivity index (χ4v) is 5.03. The third-order valence-corrected chi connectivity index (χ3v) is 6.69. The maximum Gasteiger partial charge on any atom is 0.263 e. The predicted octanol–water partition coefficient (Wildman–Crippen LogP) is 4.62. The Hall–Kier alpha value is -1.85. The second kappa shape index (κ2) is 8.03. The Morgan fingerprint density at radius 3 is 2.56 bits per heavy atom. The Morgan fingerprint density at radius 1 is 1.04 bits per heavy atom. The van der Waals surface area contributed by atoms with Gasteiger partial charge in [-0.1, -0.05) is 29.8 Å². The van der Waals surface area contributed by atoms with Gasteiger partial charge in [-0.2, -0.15) is 0 Å². The third kappa shape index (κ3) is 3.90. The van der Waals surface area contributed by atoms with Crippen molar-refractivity contribution < 1.29 is 9.59 Å². The number of nitrogens with zero attached hydrogens (tertiary/aromatic N) is 2. The molecule has 1 aromatic heterocycles. The smallest absolute Gasteiger partial charge is 0.263 e. The van der Waals surface area contributed by atoms with Crippen LogP contribution in [0.3, 0.4) is 0 Å². The van der Waals surface area contributed by atoms with Gasteiger partial charge in [-0.15, -0.1) is 11.3 Å². The lowest BCUT2D eigenvalue weighted by molar-refractivity contribution is -0.137. The minimum atomic E-state index is -0.101. The van der Waals surface area contributed by atoms with Crippen LogP contribution in [0.2, 0.25) is 5.02 Å². The van der Waals surface area contributed by atoms with E-state index in [1.54, 1.807) is 0 Å². The summed E-state index contributed by atoms with van der Waals surface area (Å²) in [5.74, 6) is 0.143. The van der Waals surface area contributed by atoms with Crippen molar-refractivity contribution in [3.05, 3.63) is 57.2 Å². The summed E-state index contributed by atoms with van der Waals surface area (Å²) in [5, 5.41) is 2.63. The Balaban J connectivity index is 1.46. The highest BCUT2D eigenvalue weighted by atomic mass is 35.5. The van der Waals surface area contributed by atoms with Crippen LogP contribution in [0.4, 0.5) is 0 Å². The van der Waals surface area contributed by atoms with Crippen molar-refractivity contribution in [3.8, 4) is 0 Å². The number of halogens is 1. The maximum absolute atomic E-state index is 13.3. The van der Waals surface area contributed by atoms with Crippen molar-refractivity contribution in [1.82, 2.24) is 9.80 Å². The standard InChI is InChI=1S/C21H23ClN2O2S/c22-17-9-7-15(8-10-17)18-5-2-12-24(18)20(25)16-4-1-11-23(14-16)21(26)19-6-3-13-27-19/h3,6-10,13,16,18H,1-2,4-5,11-12,14H2. The van der Waals surface area contributed by atoms with Gasteiger partial charge in [-0.3, -0.25) is 9.59 Å². The van der Waals surface area contributed by atoms with Gasteiger partial charge in [0.25, 0.3) is 5.91 Å². The third-order valence-electron chi connectivity index (χ3n) is 5.58. The largest absolute Gasteiger partial charge is 0.337 e. The lowest BCUT2D eigenvalue weighted by atomic mass is 9.95. The van der Waals surface area contributed by atoms with Crippen LogP contribution < -0.4 is 0 Å². The summed E-state index contributed by atoms with van der Waals surface area (Å²) in [7, 11) is 0. The molecule has 142 valence electrons. The summed E-state index contributed by atoms with van der Waals surface area (Å²) >= 11 is 7.47. The second-order valence-electron chi connectivity index (χ2n) is 7.31. The molecule has 0 spiro atoms. The number of carbonyl (C=O) groups excluding carboxylic acids is 2. The average molecular weight is 403 g/mol. The molecule has 2 aliphatic heterocycles. The second-order valence-corrected chi connectivity index (χ2v) is 8.69. The van der Waals surface area contributed by atoms with Crippen LogP contribution in [-0.2, 0) is 4.79 Å². The summed E-state index contributed by atoms with van der Waals surface area (Å²) in [5.41, 5.74) is 1.15. The zero-order valence-electron chi connectivity index (χ0n) is 15.1. The monoisotopic (exact) mass is 402 g/mol. The van der Waals surface area contributed by atoms with Crippen molar-refractivity contribution in [2.75, 3.05) is 19.6 Å². The number of thiophene rings is 1. The van der Waals surface area contributed by atoms with E-state index in [4.69, 9.17) is 11.6 Å². The first-order chi connectivity index (χ1) is 13.1. The quantitative estimate of drug-likeness (QED) is 0.751. The maximum atomic E-state index is 13.3. The molecule has 1 aromatic carbocycles. The van der Waals surface area contributed by atoms with E-state index in [9.17, 15) is 9.59 Å². The van der Waals surface area contributed by atoms with E-state index in [1.807, 2.05) is 51.6 Å². The molecule has 2 aliphatic rings. The zero-order chi connectivity index (χ0) is 18.8. The first-order valence-corrected chi connectivity index (χ1v) is 10.8. The molecule has 0 saturated carbocycles. The van der Waals surface area contributed by atoms with Crippen LogP contribution in [-0.4, -0.2) is 41.2 Å². The fraction of sp³-hybridized carbons (Fsp3) is 0.429. The van der Waals surface area contributed by atoms with E-state index in [1.165, 1.54) is 11.3 Å². The molecule has 4 nitrogen and oxygen atoms in total. The van der Waals surface area contributed by atoms with Crippen LogP contribution in [0.15, 0.2) is 41.8 Å². The van der Waals surface area contributed by atoms with Crippen molar-refractivity contribution in [3.63, 3.8) is 0 Å². The number of piperidine rings is 1. The molecular formula is C21H23ClN2O2S. The van der Waals surface area contributed by atoms with E-state index >= 15 is 0 Å². The molecule has 0 radical (unpaired) electrons. The minimum Gasteiger partial charge on any atom is -0.337 e. The molecular weight excluding hydrogens is 380 g/mol. The van der Waals surface area contributed by atoms with E-state index in [0.717, 1.165) is 49.2 Å². The topological polar surface area (TPSA) is 40.6 Å². The normalized spacial score (nSPS) is 22.9. The number of benzene rings is 1. The van der Waals surface area contributed by atoms with E-state index < -0.39 is 0 Å². The molecule has 0 aliphatic carbocycles. The highest BCUT2D eigenvalue weighted by molar-refractivity contribution is 7.12. The highest BCUT2D eigenvalue weighted by Crippen LogP contribution is 2.35. The number of rotatable bonds is 3. The zero-order valence-corrected chi connectivity index (χ0v) is 16.7. The molecule has 6 heteroatoms. The Kier molecular flexibility index (Phi) is 5.50. The van der Waals surface area contributed by atoms with E-state index in [2.05, 4.69) is 0 Å². The Bertz CT molecular complexity index is 806. The first-order valence-electron chi connectivity index (χ1n) is 9.52. The van der Waals surface area contributed by atoms with Crippen molar-refractivity contribution in [2.45, 2.75) is 31.7 Å². The Labute approximate surface area is 168 Å². The van der Waals surface area contributed by atoms with Crippen LogP contribution in [0.1, 0.15) is 47.0 Å². The molecule has 3 heterocycles. The predicted molar refractivity (Wildman–Crippen MR) is 108 cm³/mol. The van der Waals surface area contributed by atoms with E-state index in [0.29, 0.717) is 11.6 Å². The van der Waals surface area contributed by atoms with Crippen LogP contribution in [0.5, 0.6) is 0 Å². The fourth-order valence-electron chi connectivity index (χ4n) is 4.22. The molecule has 2 amide bonds. The van der Waals surface area contributed by atoms with Gasteiger partial charge in [0.1, 0.15) is 0 Å². The molecule has 0 bridgehead atoms. The van der Waals surface area contributed by atoms with Gasteiger partial charge in [-0.05, 0) is 54.8 Å². The number of amides is 2. The van der Waals surface area contributed by atoms with Gasteiger partial charge in [0, 0.05) is 24.7 Å². The first kappa shape index (κ1) is 18.5. The molecule has 4 rings (SSSR count). The summed E-state index contributed by atoms with van der Waals surface area (Å²) in [4.78, 5) is 30.6. The molecule has 2 atom stereocenters. The van der Waals surface area contributed by atoms with Gasteiger partial charge in [-0.25, -0.2) is 0 Å². The summed E-state index contributed by atoms with van der Waals surface area (Å²) < 4.78 is 0. The lowest BCUT2D eigenvalue weighted by Crippen LogP contribution is -2.46. The van der Waals surface area contributed by atoms with Crippen molar-refractivity contribution >= 4 is 34.8 Å². The van der Waals surface area contributed by atoms with Crippen molar-refractivity contribution in [1.29, 1.82) is 0 Å². The van der Waals surface area contributed by atoms with E-state index in [-0.39, 0.29) is 23.8 Å². The molecule has 2 unspecified atom stereocenters. The highest BCUT2D eigenvalue weighted by Gasteiger charge is 2.36. The summed E-state index contributed by atoms with van der Waals surface area (Å²) in [6, 6.07) is 11.7. The number of carbonyl (C=O) groups is 2. The number of likely N-dealkylation sites (tertiary alicyclic amines) is 2. The molecule has 2 fully saturated rings. The minimum absolute atomic E-state index is 0.0539. The van der Waals surface area contributed by atoms with Crippen LogP contribution >= 0.6 is 22.9 Å². The lowest BCUT2D eigenvalue weighted by Gasteiger charge is -2.35. The molecule has 0 N–H and O–H groups in total. The average Bonchev–Trinajstić information content (AvgIpc) is 3.39. The summed E-state index contributed by atoms with van der Waals surface area (Å²) in [6.07, 6.45) is 3.74.